The normalized spacial score (nSPS) is 27.2. The number of hydrogen-bond donors (Lipinski definition) is 1. The zero-order valence-corrected chi connectivity index (χ0v) is 30.4. The summed E-state index contributed by atoms with van der Waals surface area (Å²) in [6.45, 7) is 3.42. The largest absolute Gasteiger partial charge is 0.508 e. The third-order valence-electron chi connectivity index (χ3n) is 13.0. The molecule has 3 fully saturated rings. The maximum atomic E-state index is 10.0. The summed E-state index contributed by atoms with van der Waals surface area (Å²) in [6, 6.07) is 6.13. The van der Waals surface area contributed by atoms with E-state index >= 15 is 0 Å². The van der Waals surface area contributed by atoms with Crippen LogP contribution in [-0.4, -0.2) is 42.2 Å². The average Bonchev–Trinajstić information content (AvgIpc) is 3.81. The molecule has 5 atom stereocenters. The first-order chi connectivity index (χ1) is 23.4. The maximum absolute atomic E-state index is 10.0. The van der Waals surface area contributed by atoms with Gasteiger partial charge in [0.05, 0.1) is 34.4 Å². The Balaban J connectivity index is 0.871. The van der Waals surface area contributed by atoms with Gasteiger partial charge in [-0.3, -0.25) is 4.68 Å². The van der Waals surface area contributed by atoms with Crippen molar-refractivity contribution in [1.82, 2.24) is 24.4 Å². The first-order valence-electron chi connectivity index (χ1n) is 18.9. The van der Waals surface area contributed by atoms with E-state index < -0.39 is 0 Å². The number of nitrogens with zero attached hydrogens (tertiary/aromatic N) is 5. The molecule has 1 N–H and O–H groups in total. The molecule has 256 valence electrons. The molecule has 0 radical (unpaired) electrons. The highest BCUT2D eigenvalue weighted by Crippen LogP contribution is 2.61. The van der Waals surface area contributed by atoms with Gasteiger partial charge in [-0.05, 0) is 133 Å². The van der Waals surface area contributed by atoms with Crippen molar-refractivity contribution in [2.45, 2.75) is 128 Å². The number of unbranched alkanes of at least 4 members (excludes halogenated alkanes) is 3. The fourth-order valence-electron chi connectivity index (χ4n) is 10.4. The fourth-order valence-corrected chi connectivity index (χ4v) is 11.2. The predicted molar refractivity (Wildman–Crippen MR) is 193 cm³/mol. The molecule has 8 rings (SSSR count). The summed E-state index contributed by atoms with van der Waals surface area (Å²) in [4.78, 5) is 5.27. The number of phenols is 1. The number of hydrogen-bond acceptors (Lipinski definition) is 5. The fraction of sp³-hybridized carbons (Fsp3) is 0.625. The number of halogens is 1. The Morgan fingerprint density at radius 2 is 1.83 bits per heavy atom. The Hall–Kier alpha value is -2.71. The molecule has 0 aliphatic heterocycles. The minimum absolute atomic E-state index is 0.309. The Morgan fingerprint density at radius 1 is 0.979 bits per heavy atom. The third kappa shape index (κ3) is 5.93. The van der Waals surface area contributed by atoms with Crippen LogP contribution >= 0.6 is 15.9 Å². The quantitative estimate of drug-likeness (QED) is 0.166. The first kappa shape index (κ1) is 32.5. The van der Waals surface area contributed by atoms with Gasteiger partial charge < -0.3 is 9.84 Å². The van der Waals surface area contributed by atoms with E-state index in [9.17, 15) is 5.11 Å². The highest BCUT2D eigenvalue weighted by molar-refractivity contribution is 9.10. The van der Waals surface area contributed by atoms with Gasteiger partial charge in [-0.15, -0.1) is 0 Å². The minimum atomic E-state index is 0.309. The number of rotatable bonds is 10. The molecular weight excluding hydrogens is 662 g/mol. The van der Waals surface area contributed by atoms with Gasteiger partial charge in [-0.25, -0.2) is 9.50 Å². The van der Waals surface area contributed by atoms with Crippen LogP contribution in [0.1, 0.15) is 131 Å². The lowest BCUT2D eigenvalue weighted by Crippen LogP contribution is -2.44. The molecule has 7 nitrogen and oxygen atoms in total. The van der Waals surface area contributed by atoms with Gasteiger partial charge in [0.1, 0.15) is 5.75 Å². The van der Waals surface area contributed by atoms with Crippen molar-refractivity contribution in [3.63, 3.8) is 0 Å². The second-order valence-electron chi connectivity index (χ2n) is 15.7. The lowest BCUT2D eigenvalue weighted by Gasteiger charge is -2.50. The molecule has 4 aromatic rings. The van der Waals surface area contributed by atoms with E-state index in [0.29, 0.717) is 29.1 Å². The van der Waals surface area contributed by atoms with Crippen molar-refractivity contribution in [2.75, 3.05) is 6.61 Å². The number of benzene rings is 1. The first-order valence-corrected chi connectivity index (χ1v) is 19.7. The molecule has 8 heteroatoms. The van der Waals surface area contributed by atoms with Crippen LogP contribution in [0.2, 0.25) is 0 Å². The van der Waals surface area contributed by atoms with Crippen LogP contribution in [-0.2, 0) is 24.6 Å². The molecule has 0 amide bonds. The molecule has 1 aromatic carbocycles. The van der Waals surface area contributed by atoms with Crippen molar-refractivity contribution in [2.24, 2.45) is 24.3 Å². The number of aromatic nitrogens is 5. The molecule has 4 aliphatic rings. The molecule has 0 bridgehead atoms. The number of ether oxygens (including phenoxy) is 1. The topological polar surface area (TPSA) is 77.5 Å². The van der Waals surface area contributed by atoms with Gasteiger partial charge in [0.15, 0.2) is 5.65 Å². The van der Waals surface area contributed by atoms with E-state index in [-0.39, 0.29) is 0 Å². The number of aromatic hydroxyl groups is 1. The minimum Gasteiger partial charge on any atom is -0.508 e. The van der Waals surface area contributed by atoms with Crippen LogP contribution in [0.3, 0.4) is 0 Å². The van der Waals surface area contributed by atoms with Crippen molar-refractivity contribution in [1.29, 1.82) is 0 Å². The van der Waals surface area contributed by atoms with Crippen molar-refractivity contribution in [3.8, 4) is 16.9 Å². The van der Waals surface area contributed by atoms with Crippen LogP contribution in [0.15, 0.2) is 41.3 Å². The van der Waals surface area contributed by atoms with Crippen LogP contribution < -0.4 is 0 Å². The van der Waals surface area contributed by atoms with Crippen molar-refractivity contribution < 1.29 is 9.84 Å². The summed E-state index contributed by atoms with van der Waals surface area (Å²) in [7, 11) is 1.96. The summed E-state index contributed by atoms with van der Waals surface area (Å²) in [5, 5.41) is 19.3. The highest BCUT2D eigenvalue weighted by atomic mass is 79.9. The molecule has 3 saturated carbocycles. The van der Waals surface area contributed by atoms with E-state index in [0.717, 1.165) is 60.9 Å². The number of aryl methyl sites for hydroxylation is 3. The summed E-state index contributed by atoms with van der Waals surface area (Å²) in [6.07, 6.45) is 25.8. The lowest BCUT2D eigenvalue weighted by molar-refractivity contribution is -0.0647. The molecule has 0 unspecified atom stereocenters. The Kier molecular flexibility index (Phi) is 9.17. The zero-order chi connectivity index (χ0) is 32.8. The summed E-state index contributed by atoms with van der Waals surface area (Å²) < 4.78 is 11.8. The summed E-state index contributed by atoms with van der Waals surface area (Å²) >= 11 is 4.03. The van der Waals surface area contributed by atoms with Crippen LogP contribution in [0, 0.1) is 17.3 Å². The van der Waals surface area contributed by atoms with E-state index in [1.165, 1.54) is 104 Å². The van der Waals surface area contributed by atoms with Crippen molar-refractivity contribution in [3.05, 3.63) is 63.8 Å². The Morgan fingerprint density at radius 3 is 2.67 bits per heavy atom. The van der Waals surface area contributed by atoms with Gasteiger partial charge >= 0.3 is 0 Å². The van der Waals surface area contributed by atoms with Crippen LogP contribution in [0.5, 0.6) is 5.75 Å². The maximum Gasteiger partial charge on any atom is 0.163 e. The molecule has 0 spiro atoms. The second-order valence-corrected chi connectivity index (χ2v) is 16.5. The molecule has 48 heavy (non-hydrogen) atoms. The van der Waals surface area contributed by atoms with E-state index in [1.807, 2.05) is 36.3 Å². The lowest BCUT2D eigenvalue weighted by atomic mass is 9.55. The molecule has 3 aromatic heterocycles. The van der Waals surface area contributed by atoms with Crippen LogP contribution in [0.4, 0.5) is 0 Å². The number of phenolic OH excluding ortho intramolecular Hbond substituents is 1. The molecule has 0 saturated heterocycles. The van der Waals surface area contributed by atoms with E-state index in [1.54, 1.807) is 0 Å². The van der Waals surface area contributed by atoms with Gasteiger partial charge in [0, 0.05) is 36.9 Å². The Bertz CT molecular complexity index is 1760. The molecular formula is C40H52BrN5O2. The Labute approximate surface area is 294 Å². The number of fused-ring (bicyclic) bond motifs is 6. The zero-order valence-electron chi connectivity index (χ0n) is 28.8. The van der Waals surface area contributed by atoms with E-state index in [4.69, 9.17) is 14.8 Å². The summed E-state index contributed by atoms with van der Waals surface area (Å²) in [5.74, 6) is 3.12. The summed E-state index contributed by atoms with van der Waals surface area (Å²) in [5.41, 5.74) is 8.80. The average molecular weight is 715 g/mol. The highest BCUT2D eigenvalue weighted by Gasteiger charge is 2.55. The SMILES string of the molecule is Cn1cc(-c2cnn3c(CCCCCCO[C@H]4CC[C@H]5[C@@H]6CCc7cc(O)ccc7[C@H]6CC[C@]45C)c(Br)c(C4CCCCC4)nc23)cn1. The smallest absolute Gasteiger partial charge is 0.163 e. The van der Waals surface area contributed by atoms with Gasteiger partial charge in [0.2, 0.25) is 0 Å². The second kappa shape index (κ2) is 13.5. The monoisotopic (exact) mass is 713 g/mol. The molecule has 4 aliphatic carbocycles. The predicted octanol–water partition coefficient (Wildman–Crippen LogP) is 9.69. The third-order valence-corrected chi connectivity index (χ3v) is 13.8. The van der Waals surface area contributed by atoms with Crippen LogP contribution in [0.25, 0.3) is 16.8 Å². The van der Waals surface area contributed by atoms with E-state index in [2.05, 4.69) is 44.7 Å². The molecule has 3 heterocycles. The standard InChI is InChI=1S/C40H52BrN5O2/c1-40-20-19-31-30-16-14-29(47)22-27(30)13-15-32(31)34(40)17-18-36(40)48-21-9-4-3-8-12-35-37(41)38(26-10-6-5-7-11-26)44-39-33(24-43-46(35)39)28-23-42-45(2)25-28/h14,16,22-26,31-32,34,36,47H,3-13,15,17-21H2,1-2H3/t31-,32-,34+,36+,40+/m1/s1. The van der Waals surface area contributed by atoms with Crippen molar-refractivity contribution >= 4 is 21.6 Å². The van der Waals surface area contributed by atoms with Gasteiger partial charge in [-0.1, -0.05) is 45.1 Å². The van der Waals surface area contributed by atoms with Gasteiger partial charge in [-0.2, -0.15) is 10.2 Å². The van der Waals surface area contributed by atoms with Gasteiger partial charge in [0.25, 0.3) is 0 Å².